The molecular weight excluding hydrogens is 399 g/mol. The van der Waals surface area contributed by atoms with Gasteiger partial charge in [0.2, 0.25) is 5.88 Å². The Morgan fingerprint density at radius 3 is 2.43 bits per heavy atom. The number of para-hydroxylation sites is 2. The Morgan fingerprint density at radius 2 is 1.61 bits per heavy atom. The second-order valence-corrected chi connectivity index (χ2v) is 6.67. The molecular formula is C21H14Cl2N2O3. The summed E-state index contributed by atoms with van der Waals surface area (Å²) in [4.78, 5) is 9.08. The van der Waals surface area contributed by atoms with E-state index in [0.717, 1.165) is 0 Å². The molecule has 1 heterocycles. The molecule has 3 aromatic carbocycles. The van der Waals surface area contributed by atoms with Gasteiger partial charge in [0.15, 0.2) is 17.3 Å². The van der Waals surface area contributed by atoms with Gasteiger partial charge >= 0.3 is 0 Å². The van der Waals surface area contributed by atoms with Crippen LogP contribution in [0.2, 0.25) is 10.0 Å². The highest BCUT2D eigenvalue weighted by Gasteiger charge is 2.17. The molecule has 0 amide bonds. The van der Waals surface area contributed by atoms with Gasteiger partial charge in [0, 0.05) is 0 Å². The van der Waals surface area contributed by atoms with Crippen LogP contribution in [0.3, 0.4) is 0 Å². The lowest BCUT2D eigenvalue weighted by Crippen LogP contribution is -1.97. The Morgan fingerprint density at radius 1 is 0.857 bits per heavy atom. The molecule has 0 saturated heterocycles. The molecule has 0 bridgehead atoms. The van der Waals surface area contributed by atoms with E-state index in [1.165, 1.54) is 7.11 Å². The number of hydrogen-bond donors (Lipinski definition) is 1. The average Bonchev–Trinajstić information content (AvgIpc) is 2.71. The summed E-state index contributed by atoms with van der Waals surface area (Å²) in [5.41, 5.74) is 1.08. The smallest absolute Gasteiger partial charge is 0.230 e. The number of phenols is 1. The fourth-order valence-corrected chi connectivity index (χ4v) is 3.11. The summed E-state index contributed by atoms with van der Waals surface area (Å²) in [6, 6.07) is 17.6. The maximum absolute atomic E-state index is 10.5. The van der Waals surface area contributed by atoms with E-state index in [4.69, 9.17) is 32.7 Å². The molecule has 0 atom stereocenters. The molecule has 0 aliphatic carbocycles. The van der Waals surface area contributed by atoms with Crippen LogP contribution in [0.15, 0.2) is 60.7 Å². The molecule has 5 nitrogen and oxygen atoms in total. The van der Waals surface area contributed by atoms with Crippen LogP contribution in [0.1, 0.15) is 0 Å². The molecule has 1 N–H and O–H groups in total. The van der Waals surface area contributed by atoms with E-state index < -0.39 is 0 Å². The first-order chi connectivity index (χ1) is 13.6. The quantitative estimate of drug-likeness (QED) is 0.437. The fraction of sp³-hybridized carbons (Fsp3) is 0.0476. The number of nitrogens with zero attached hydrogens (tertiary/aromatic N) is 2. The van der Waals surface area contributed by atoms with Crippen LogP contribution in [0, 0.1) is 0 Å². The number of phenolic OH excluding ortho intramolecular Hbond substituents is 1. The second kappa shape index (κ2) is 7.54. The van der Waals surface area contributed by atoms with E-state index in [1.54, 1.807) is 36.4 Å². The first-order valence-corrected chi connectivity index (χ1v) is 9.09. The maximum atomic E-state index is 10.5. The summed E-state index contributed by atoms with van der Waals surface area (Å²) < 4.78 is 11.2. The third kappa shape index (κ3) is 3.30. The summed E-state index contributed by atoms with van der Waals surface area (Å²) in [6.07, 6.45) is 0. The molecule has 4 rings (SSSR count). The average molecular weight is 413 g/mol. The fourth-order valence-electron chi connectivity index (χ4n) is 2.78. The zero-order valence-corrected chi connectivity index (χ0v) is 16.2. The second-order valence-electron chi connectivity index (χ2n) is 5.88. The third-order valence-corrected chi connectivity index (χ3v) is 4.95. The molecule has 0 spiro atoms. The summed E-state index contributed by atoms with van der Waals surface area (Å²) in [6.45, 7) is 0. The van der Waals surface area contributed by atoms with Crippen molar-refractivity contribution in [2.24, 2.45) is 0 Å². The van der Waals surface area contributed by atoms with Gasteiger partial charge < -0.3 is 14.6 Å². The zero-order valence-electron chi connectivity index (χ0n) is 14.7. The molecule has 28 heavy (non-hydrogen) atoms. The van der Waals surface area contributed by atoms with E-state index in [1.807, 2.05) is 24.3 Å². The molecule has 7 heteroatoms. The number of fused-ring (bicyclic) bond motifs is 1. The molecule has 4 aromatic rings. The minimum absolute atomic E-state index is 0.0491. The molecule has 0 fully saturated rings. The highest BCUT2D eigenvalue weighted by Crippen LogP contribution is 2.39. The molecule has 1 aromatic heterocycles. The van der Waals surface area contributed by atoms with Crippen molar-refractivity contribution in [2.45, 2.75) is 0 Å². The van der Waals surface area contributed by atoms with Crippen molar-refractivity contribution >= 4 is 34.1 Å². The van der Waals surface area contributed by atoms with Crippen molar-refractivity contribution in [3.8, 4) is 34.5 Å². The number of ether oxygens (including phenoxy) is 2. The standard InChI is InChI=1S/C21H14Cl2N2O3/c1-27-17-11-4-7-13(19(17)26)20-24-15-9-3-2-6-12(15)21(25-20)28-16-10-5-8-14(22)18(16)23/h2-11,26H,1H3. The summed E-state index contributed by atoms with van der Waals surface area (Å²) in [5, 5.41) is 11.9. The minimum atomic E-state index is -0.0491. The van der Waals surface area contributed by atoms with Crippen LogP contribution >= 0.6 is 23.2 Å². The van der Waals surface area contributed by atoms with Gasteiger partial charge in [-0.3, -0.25) is 0 Å². The predicted octanol–water partition coefficient (Wildman–Crippen LogP) is 6.11. The van der Waals surface area contributed by atoms with Crippen LogP contribution in [-0.2, 0) is 0 Å². The zero-order chi connectivity index (χ0) is 19.7. The first kappa shape index (κ1) is 18.3. The van der Waals surface area contributed by atoms with Crippen molar-refractivity contribution in [3.63, 3.8) is 0 Å². The van der Waals surface area contributed by atoms with Gasteiger partial charge in [-0.05, 0) is 36.4 Å². The van der Waals surface area contributed by atoms with Gasteiger partial charge in [-0.25, -0.2) is 4.98 Å². The Balaban J connectivity index is 1.90. The lowest BCUT2D eigenvalue weighted by molar-refractivity contribution is 0.374. The largest absolute Gasteiger partial charge is 0.504 e. The number of aromatic nitrogens is 2. The Hall–Kier alpha value is -3.02. The van der Waals surface area contributed by atoms with Gasteiger partial charge in [0.1, 0.15) is 10.8 Å². The Bertz CT molecular complexity index is 1180. The number of methoxy groups -OCH3 is 1. The van der Waals surface area contributed by atoms with Gasteiger partial charge in [-0.2, -0.15) is 4.98 Å². The Labute approximate surface area is 171 Å². The van der Waals surface area contributed by atoms with E-state index >= 15 is 0 Å². The van der Waals surface area contributed by atoms with Crippen molar-refractivity contribution in [3.05, 3.63) is 70.7 Å². The SMILES string of the molecule is COc1cccc(-c2nc(Oc3cccc(Cl)c3Cl)c3ccccc3n2)c1O. The highest BCUT2D eigenvalue weighted by atomic mass is 35.5. The minimum Gasteiger partial charge on any atom is -0.504 e. The summed E-state index contributed by atoms with van der Waals surface area (Å²) in [7, 11) is 1.48. The maximum Gasteiger partial charge on any atom is 0.230 e. The van der Waals surface area contributed by atoms with Crippen LogP contribution in [0.5, 0.6) is 23.1 Å². The summed E-state index contributed by atoms with van der Waals surface area (Å²) >= 11 is 12.3. The molecule has 140 valence electrons. The lowest BCUT2D eigenvalue weighted by atomic mass is 10.1. The van der Waals surface area contributed by atoms with E-state index in [0.29, 0.717) is 44.7 Å². The highest BCUT2D eigenvalue weighted by molar-refractivity contribution is 6.42. The molecule has 0 radical (unpaired) electrons. The van der Waals surface area contributed by atoms with Crippen molar-refractivity contribution in [2.75, 3.05) is 7.11 Å². The van der Waals surface area contributed by atoms with Gasteiger partial charge in [0.05, 0.1) is 28.6 Å². The monoisotopic (exact) mass is 412 g/mol. The van der Waals surface area contributed by atoms with Crippen LogP contribution in [-0.4, -0.2) is 22.2 Å². The summed E-state index contributed by atoms with van der Waals surface area (Å²) in [5.74, 6) is 1.25. The normalized spacial score (nSPS) is 10.8. The Kier molecular flexibility index (Phi) is 4.94. The van der Waals surface area contributed by atoms with Gasteiger partial charge in [-0.1, -0.05) is 47.5 Å². The topological polar surface area (TPSA) is 64.5 Å². The number of aromatic hydroxyl groups is 1. The number of halogens is 2. The van der Waals surface area contributed by atoms with Crippen molar-refractivity contribution < 1.29 is 14.6 Å². The lowest BCUT2D eigenvalue weighted by Gasteiger charge is -2.13. The van der Waals surface area contributed by atoms with Crippen LogP contribution < -0.4 is 9.47 Å². The number of hydrogen-bond acceptors (Lipinski definition) is 5. The first-order valence-electron chi connectivity index (χ1n) is 8.33. The van der Waals surface area contributed by atoms with Crippen LogP contribution in [0.4, 0.5) is 0 Å². The molecule has 0 unspecified atom stereocenters. The van der Waals surface area contributed by atoms with Crippen molar-refractivity contribution in [1.82, 2.24) is 9.97 Å². The van der Waals surface area contributed by atoms with E-state index in [9.17, 15) is 5.11 Å². The van der Waals surface area contributed by atoms with Crippen molar-refractivity contribution in [1.29, 1.82) is 0 Å². The number of benzene rings is 3. The van der Waals surface area contributed by atoms with E-state index in [-0.39, 0.29) is 10.8 Å². The van der Waals surface area contributed by atoms with Crippen LogP contribution in [0.25, 0.3) is 22.3 Å². The molecule has 0 aliphatic heterocycles. The molecule has 0 aliphatic rings. The third-order valence-electron chi connectivity index (χ3n) is 4.15. The predicted molar refractivity (Wildman–Crippen MR) is 110 cm³/mol. The van der Waals surface area contributed by atoms with Gasteiger partial charge in [0.25, 0.3) is 0 Å². The number of rotatable bonds is 4. The van der Waals surface area contributed by atoms with Gasteiger partial charge in [-0.15, -0.1) is 0 Å². The molecule has 0 saturated carbocycles. The van der Waals surface area contributed by atoms with E-state index in [2.05, 4.69) is 9.97 Å².